The molecule has 0 aromatic carbocycles. The van der Waals surface area contributed by atoms with E-state index >= 15 is 0 Å². The fourth-order valence-corrected chi connectivity index (χ4v) is 1.76. The third-order valence-corrected chi connectivity index (χ3v) is 2.69. The minimum atomic E-state index is 0.701. The van der Waals surface area contributed by atoms with Gasteiger partial charge in [-0.2, -0.15) is 0 Å². The van der Waals surface area contributed by atoms with Gasteiger partial charge in [0.25, 0.3) is 0 Å². The molecule has 0 spiro atoms. The highest BCUT2D eigenvalue weighted by molar-refractivity contribution is 5.19. The van der Waals surface area contributed by atoms with E-state index in [1.807, 2.05) is 12.3 Å². The Kier molecular flexibility index (Phi) is 3.37. The van der Waals surface area contributed by atoms with Crippen molar-refractivity contribution in [2.24, 2.45) is 5.73 Å². The van der Waals surface area contributed by atoms with Gasteiger partial charge in [-0.15, -0.1) is 0 Å². The van der Waals surface area contributed by atoms with E-state index in [1.54, 1.807) is 0 Å². The van der Waals surface area contributed by atoms with E-state index in [9.17, 15) is 0 Å². The lowest BCUT2D eigenvalue weighted by atomic mass is 10.2. The summed E-state index contributed by atoms with van der Waals surface area (Å²) in [6.45, 7) is 3.62. The molecule has 0 amide bonds. The van der Waals surface area contributed by atoms with Crippen LogP contribution in [-0.4, -0.2) is 16.1 Å². The van der Waals surface area contributed by atoms with Crippen LogP contribution in [0.25, 0.3) is 0 Å². The van der Waals surface area contributed by atoms with Crippen molar-refractivity contribution in [2.45, 2.75) is 19.9 Å². The van der Waals surface area contributed by atoms with Gasteiger partial charge in [0.15, 0.2) is 0 Å². The molecule has 2 N–H and O–H groups in total. The van der Waals surface area contributed by atoms with Gasteiger partial charge in [0.2, 0.25) is 0 Å². The van der Waals surface area contributed by atoms with Gasteiger partial charge in [-0.05, 0) is 43.1 Å². The summed E-state index contributed by atoms with van der Waals surface area (Å²) < 4.78 is 2.15. The molecular formula is C13H17N3. The molecular weight excluding hydrogens is 198 g/mol. The molecule has 0 radical (unpaired) electrons. The Bertz CT molecular complexity index is 460. The van der Waals surface area contributed by atoms with Gasteiger partial charge in [-0.25, -0.2) is 0 Å². The maximum atomic E-state index is 5.52. The van der Waals surface area contributed by atoms with Crippen LogP contribution < -0.4 is 5.73 Å². The largest absolute Gasteiger partial charge is 0.348 e. The average molecular weight is 215 g/mol. The molecule has 0 bridgehead atoms. The second-order valence-corrected chi connectivity index (χ2v) is 4.00. The van der Waals surface area contributed by atoms with Gasteiger partial charge in [0.05, 0.1) is 12.2 Å². The van der Waals surface area contributed by atoms with E-state index in [2.05, 4.69) is 41.0 Å². The highest BCUT2D eigenvalue weighted by Gasteiger charge is 2.01. The summed E-state index contributed by atoms with van der Waals surface area (Å²) >= 11 is 0. The summed E-state index contributed by atoms with van der Waals surface area (Å²) in [6.07, 6.45) is 7.00. The summed E-state index contributed by atoms with van der Waals surface area (Å²) in [5.41, 5.74) is 9.17. The highest BCUT2D eigenvalue weighted by atomic mass is 15.0. The second kappa shape index (κ2) is 4.94. The first-order valence-corrected chi connectivity index (χ1v) is 5.55. The van der Waals surface area contributed by atoms with Crippen LogP contribution >= 0.6 is 0 Å². The molecule has 0 atom stereocenters. The quantitative estimate of drug-likeness (QED) is 0.844. The van der Waals surface area contributed by atoms with Crippen LogP contribution in [0.1, 0.15) is 16.8 Å². The number of hydrogen-bond acceptors (Lipinski definition) is 2. The van der Waals surface area contributed by atoms with E-state index in [0.717, 1.165) is 18.7 Å². The molecule has 3 nitrogen and oxygen atoms in total. The zero-order valence-electron chi connectivity index (χ0n) is 9.56. The van der Waals surface area contributed by atoms with E-state index < -0.39 is 0 Å². The number of nitrogens with two attached hydrogens (primary N) is 1. The summed E-state index contributed by atoms with van der Waals surface area (Å²) in [5.74, 6) is 0. The van der Waals surface area contributed by atoms with Crippen molar-refractivity contribution < 1.29 is 0 Å². The molecule has 0 saturated heterocycles. The predicted octanol–water partition coefficient (Wildman–Crippen LogP) is 1.74. The first-order valence-electron chi connectivity index (χ1n) is 5.55. The lowest BCUT2D eigenvalue weighted by Gasteiger charge is -2.05. The molecule has 16 heavy (non-hydrogen) atoms. The third kappa shape index (κ3) is 2.49. The van der Waals surface area contributed by atoms with Crippen molar-refractivity contribution in [3.63, 3.8) is 0 Å². The maximum absolute atomic E-state index is 5.52. The highest BCUT2D eigenvalue weighted by Crippen LogP contribution is 2.08. The minimum absolute atomic E-state index is 0.701. The molecule has 0 unspecified atom stereocenters. The number of hydrogen-bond donors (Lipinski definition) is 1. The molecule has 0 fully saturated rings. The Morgan fingerprint density at radius 2 is 2.25 bits per heavy atom. The Balaban J connectivity index is 2.11. The topological polar surface area (TPSA) is 43.8 Å². The molecule has 2 aromatic heterocycles. The average Bonchev–Trinajstić information content (AvgIpc) is 2.70. The van der Waals surface area contributed by atoms with Crippen LogP contribution in [0.15, 0.2) is 36.8 Å². The monoisotopic (exact) mass is 215 g/mol. The standard InChI is InChI=1S/C13H17N3/c1-11-3-2-7-15-13(11)10-16-8-5-12(9-16)4-6-14/h2-3,5,7-9H,4,6,10,14H2,1H3. The summed E-state index contributed by atoms with van der Waals surface area (Å²) in [4.78, 5) is 4.38. The van der Waals surface area contributed by atoms with Gasteiger partial charge < -0.3 is 10.3 Å². The molecule has 0 aliphatic carbocycles. The van der Waals surface area contributed by atoms with Gasteiger partial charge >= 0.3 is 0 Å². The van der Waals surface area contributed by atoms with E-state index in [-0.39, 0.29) is 0 Å². The zero-order chi connectivity index (χ0) is 11.4. The van der Waals surface area contributed by atoms with Crippen molar-refractivity contribution in [3.05, 3.63) is 53.6 Å². The van der Waals surface area contributed by atoms with Crippen LogP contribution in [0.2, 0.25) is 0 Å². The van der Waals surface area contributed by atoms with E-state index in [1.165, 1.54) is 11.1 Å². The molecule has 0 saturated carbocycles. The van der Waals surface area contributed by atoms with Crippen molar-refractivity contribution >= 4 is 0 Å². The molecule has 2 aromatic rings. The number of aromatic nitrogens is 2. The fraction of sp³-hybridized carbons (Fsp3) is 0.308. The van der Waals surface area contributed by atoms with Gasteiger partial charge in [-0.3, -0.25) is 4.98 Å². The maximum Gasteiger partial charge on any atom is 0.0645 e. The summed E-state index contributed by atoms with van der Waals surface area (Å²) in [7, 11) is 0. The normalized spacial score (nSPS) is 10.6. The summed E-state index contributed by atoms with van der Waals surface area (Å²) in [6, 6.07) is 6.17. The second-order valence-electron chi connectivity index (χ2n) is 4.00. The minimum Gasteiger partial charge on any atom is -0.348 e. The van der Waals surface area contributed by atoms with Crippen LogP contribution in [-0.2, 0) is 13.0 Å². The van der Waals surface area contributed by atoms with Crippen LogP contribution in [0, 0.1) is 6.92 Å². The van der Waals surface area contributed by atoms with Gasteiger partial charge in [0.1, 0.15) is 0 Å². The van der Waals surface area contributed by atoms with Crippen molar-refractivity contribution in [1.29, 1.82) is 0 Å². The van der Waals surface area contributed by atoms with E-state index in [4.69, 9.17) is 5.73 Å². The molecule has 0 aliphatic rings. The number of aryl methyl sites for hydroxylation is 1. The number of rotatable bonds is 4. The summed E-state index contributed by atoms with van der Waals surface area (Å²) in [5, 5.41) is 0. The Hall–Kier alpha value is -1.61. The molecule has 0 aliphatic heterocycles. The van der Waals surface area contributed by atoms with Crippen molar-refractivity contribution in [2.75, 3.05) is 6.54 Å². The van der Waals surface area contributed by atoms with E-state index in [0.29, 0.717) is 6.54 Å². The van der Waals surface area contributed by atoms with Crippen LogP contribution in [0.4, 0.5) is 0 Å². The SMILES string of the molecule is Cc1cccnc1Cn1ccc(CCN)c1. The van der Waals surface area contributed by atoms with Gasteiger partial charge in [0, 0.05) is 18.6 Å². The lowest BCUT2D eigenvalue weighted by molar-refractivity contribution is 0.769. The predicted molar refractivity (Wildman–Crippen MR) is 65.3 cm³/mol. The first-order chi connectivity index (χ1) is 7.79. The Morgan fingerprint density at radius 3 is 3.00 bits per heavy atom. The molecule has 84 valence electrons. The Morgan fingerprint density at radius 1 is 1.38 bits per heavy atom. The molecule has 3 heteroatoms. The van der Waals surface area contributed by atoms with Crippen molar-refractivity contribution in [1.82, 2.24) is 9.55 Å². The molecule has 2 rings (SSSR count). The first kappa shape index (κ1) is 10.9. The van der Waals surface area contributed by atoms with Crippen LogP contribution in [0.5, 0.6) is 0 Å². The zero-order valence-corrected chi connectivity index (χ0v) is 9.56. The molecule has 2 heterocycles. The van der Waals surface area contributed by atoms with Crippen LogP contribution in [0.3, 0.4) is 0 Å². The number of pyridine rings is 1. The Labute approximate surface area is 95.9 Å². The van der Waals surface area contributed by atoms with Gasteiger partial charge in [-0.1, -0.05) is 6.07 Å². The smallest absolute Gasteiger partial charge is 0.0645 e. The third-order valence-electron chi connectivity index (χ3n) is 2.69. The number of nitrogens with zero attached hydrogens (tertiary/aromatic N) is 2. The van der Waals surface area contributed by atoms with Crippen molar-refractivity contribution in [3.8, 4) is 0 Å². The lowest BCUT2D eigenvalue weighted by Crippen LogP contribution is -2.03. The fourth-order valence-electron chi connectivity index (χ4n) is 1.76.